The number of carbonyl (C=O) groups is 1. The second kappa shape index (κ2) is 7.32. The quantitative estimate of drug-likeness (QED) is 0.839. The number of aryl methyl sites for hydroxylation is 2. The molecular weight excluding hydrogens is 248 g/mol. The van der Waals surface area contributed by atoms with E-state index in [0.717, 1.165) is 30.1 Å². The number of hydrogen-bond acceptors (Lipinski definition) is 1. The van der Waals surface area contributed by atoms with E-state index in [2.05, 4.69) is 23.6 Å². The highest BCUT2D eigenvalue weighted by molar-refractivity contribution is 5.90. The summed E-state index contributed by atoms with van der Waals surface area (Å²) in [6.07, 6.45) is 7.89. The Morgan fingerprint density at radius 1 is 1.20 bits per heavy atom. The first-order valence-electron chi connectivity index (χ1n) is 7.77. The van der Waals surface area contributed by atoms with Gasteiger partial charge in [0.1, 0.15) is 0 Å². The number of benzene rings is 1. The lowest BCUT2D eigenvalue weighted by molar-refractivity contribution is 0.250. The van der Waals surface area contributed by atoms with Gasteiger partial charge in [-0.15, -0.1) is 0 Å². The smallest absolute Gasteiger partial charge is 0.319 e. The average molecular weight is 274 g/mol. The summed E-state index contributed by atoms with van der Waals surface area (Å²) in [5.41, 5.74) is 3.21. The first-order chi connectivity index (χ1) is 9.65. The molecule has 0 spiro atoms. The van der Waals surface area contributed by atoms with Crippen LogP contribution >= 0.6 is 0 Å². The lowest BCUT2D eigenvalue weighted by atomic mass is 9.87. The molecule has 0 aliphatic heterocycles. The van der Waals surface area contributed by atoms with Crippen molar-refractivity contribution in [2.45, 2.75) is 52.4 Å². The molecule has 1 fully saturated rings. The minimum Gasteiger partial charge on any atom is -0.338 e. The number of carbonyl (C=O) groups excluding carboxylic acids is 1. The molecule has 1 aliphatic carbocycles. The summed E-state index contributed by atoms with van der Waals surface area (Å²) in [5, 5.41) is 5.90. The third kappa shape index (κ3) is 4.55. The Bertz CT molecular complexity index is 450. The molecule has 3 heteroatoms. The number of anilines is 1. The Kier molecular flexibility index (Phi) is 5.45. The van der Waals surface area contributed by atoms with Crippen molar-refractivity contribution in [3.05, 3.63) is 29.3 Å². The maximum absolute atomic E-state index is 11.9. The fourth-order valence-electron chi connectivity index (χ4n) is 2.99. The van der Waals surface area contributed by atoms with Crippen LogP contribution in [0.2, 0.25) is 0 Å². The molecular formula is C17H26N2O. The minimum absolute atomic E-state index is 0.0900. The number of urea groups is 1. The van der Waals surface area contributed by atoms with E-state index < -0.39 is 0 Å². The molecule has 2 amide bonds. The third-order valence-corrected chi connectivity index (χ3v) is 4.19. The molecule has 1 aromatic carbocycles. The summed E-state index contributed by atoms with van der Waals surface area (Å²) in [6, 6.07) is 5.97. The van der Waals surface area contributed by atoms with Crippen LogP contribution in [0.3, 0.4) is 0 Å². The lowest BCUT2D eigenvalue weighted by Crippen LogP contribution is -2.31. The van der Waals surface area contributed by atoms with Crippen LogP contribution in [0.1, 0.15) is 49.7 Å². The van der Waals surface area contributed by atoms with E-state index in [0.29, 0.717) is 0 Å². The summed E-state index contributed by atoms with van der Waals surface area (Å²) in [5.74, 6) is 0.810. The van der Waals surface area contributed by atoms with E-state index >= 15 is 0 Å². The molecule has 2 N–H and O–H groups in total. The molecule has 110 valence electrons. The van der Waals surface area contributed by atoms with Gasteiger partial charge in [-0.25, -0.2) is 4.79 Å². The summed E-state index contributed by atoms with van der Waals surface area (Å²) >= 11 is 0. The summed E-state index contributed by atoms with van der Waals surface area (Å²) in [4.78, 5) is 11.9. The normalized spacial score (nSPS) is 15.9. The fourth-order valence-corrected chi connectivity index (χ4v) is 2.99. The van der Waals surface area contributed by atoms with E-state index in [1.54, 1.807) is 0 Å². The first-order valence-corrected chi connectivity index (χ1v) is 7.77. The molecule has 0 saturated heterocycles. The van der Waals surface area contributed by atoms with Crippen molar-refractivity contribution >= 4 is 11.7 Å². The van der Waals surface area contributed by atoms with Crippen LogP contribution in [-0.2, 0) is 0 Å². The molecule has 0 bridgehead atoms. The van der Waals surface area contributed by atoms with Crippen LogP contribution in [0.4, 0.5) is 10.5 Å². The zero-order chi connectivity index (χ0) is 14.4. The van der Waals surface area contributed by atoms with Crippen molar-refractivity contribution in [1.82, 2.24) is 5.32 Å². The van der Waals surface area contributed by atoms with Crippen LogP contribution in [0, 0.1) is 19.8 Å². The van der Waals surface area contributed by atoms with E-state index in [1.165, 1.54) is 37.7 Å². The Balaban J connectivity index is 1.72. The molecule has 1 aromatic rings. The minimum atomic E-state index is -0.0900. The lowest BCUT2D eigenvalue weighted by Gasteiger charge is -2.21. The van der Waals surface area contributed by atoms with Crippen molar-refractivity contribution in [2.75, 3.05) is 11.9 Å². The largest absolute Gasteiger partial charge is 0.338 e. The highest BCUT2D eigenvalue weighted by Crippen LogP contribution is 2.25. The number of nitrogens with one attached hydrogen (secondary N) is 2. The number of rotatable bonds is 4. The van der Waals surface area contributed by atoms with Crippen molar-refractivity contribution in [2.24, 2.45) is 5.92 Å². The molecule has 0 radical (unpaired) electrons. The molecule has 3 nitrogen and oxygen atoms in total. The van der Waals surface area contributed by atoms with E-state index in [9.17, 15) is 4.79 Å². The second-order valence-corrected chi connectivity index (χ2v) is 5.99. The van der Waals surface area contributed by atoms with Crippen molar-refractivity contribution in [3.8, 4) is 0 Å². The Morgan fingerprint density at radius 3 is 2.65 bits per heavy atom. The highest BCUT2D eigenvalue weighted by atomic mass is 16.2. The molecule has 2 rings (SSSR count). The van der Waals surface area contributed by atoms with Crippen molar-refractivity contribution < 1.29 is 4.79 Å². The molecule has 0 aromatic heterocycles. The van der Waals surface area contributed by atoms with E-state index in [-0.39, 0.29) is 6.03 Å². The predicted octanol–water partition coefficient (Wildman–Crippen LogP) is 4.40. The van der Waals surface area contributed by atoms with Gasteiger partial charge in [0.2, 0.25) is 0 Å². The zero-order valence-electron chi connectivity index (χ0n) is 12.7. The van der Waals surface area contributed by atoms with Crippen LogP contribution in [0.15, 0.2) is 18.2 Å². The van der Waals surface area contributed by atoms with Gasteiger partial charge in [0.25, 0.3) is 0 Å². The third-order valence-electron chi connectivity index (χ3n) is 4.19. The van der Waals surface area contributed by atoms with Gasteiger partial charge in [0.05, 0.1) is 0 Å². The monoisotopic (exact) mass is 274 g/mol. The van der Waals surface area contributed by atoms with Crippen molar-refractivity contribution in [1.29, 1.82) is 0 Å². The molecule has 20 heavy (non-hydrogen) atoms. The maximum Gasteiger partial charge on any atom is 0.319 e. The van der Waals surface area contributed by atoms with E-state index in [1.807, 2.05) is 19.1 Å². The van der Waals surface area contributed by atoms with Gasteiger partial charge in [-0.05, 0) is 37.8 Å². The van der Waals surface area contributed by atoms with Gasteiger partial charge in [-0.3, -0.25) is 0 Å². The van der Waals surface area contributed by atoms with Gasteiger partial charge in [0, 0.05) is 12.2 Å². The van der Waals surface area contributed by atoms with Gasteiger partial charge in [0.15, 0.2) is 0 Å². The van der Waals surface area contributed by atoms with Gasteiger partial charge in [-0.1, -0.05) is 49.8 Å². The fraction of sp³-hybridized carbons (Fsp3) is 0.588. The van der Waals surface area contributed by atoms with Crippen LogP contribution in [0.25, 0.3) is 0 Å². The molecule has 1 saturated carbocycles. The topological polar surface area (TPSA) is 41.1 Å². The SMILES string of the molecule is Cc1ccc(NC(=O)NCCC2CCCCC2)c(C)c1. The van der Waals surface area contributed by atoms with E-state index in [4.69, 9.17) is 0 Å². The van der Waals surface area contributed by atoms with Crippen molar-refractivity contribution in [3.63, 3.8) is 0 Å². The Labute approximate surface area is 122 Å². The number of hydrogen-bond donors (Lipinski definition) is 2. The summed E-state index contributed by atoms with van der Waals surface area (Å²) < 4.78 is 0. The standard InChI is InChI=1S/C17H26N2O/c1-13-8-9-16(14(2)12-13)19-17(20)18-11-10-15-6-4-3-5-7-15/h8-9,12,15H,3-7,10-11H2,1-2H3,(H2,18,19,20). The average Bonchev–Trinajstić information content (AvgIpc) is 2.43. The molecule has 0 heterocycles. The van der Waals surface area contributed by atoms with Crippen LogP contribution < -0.4 is 10.6 Å². The molecule has 0 unspecified atom stereocenters. The second-order valence-electron chi connectivity index (χ2n) is 5.99. The van der Waals surface area contributed by atoms with Gasteiger partial charge >= 0.3 is 6.03 Å². The van der Waals surface area contributed by atoms with Gasteiger partial charge in [-0.2, -0.15) is 0 Å². The van der Waals surface area contributed by atoms with Gasteiger partial charge < -0.3 is 10.6 Å². The highest BCUT2D eigenvalue weighted by Gasteiger charge is 2.13. The first kappa shape index (κ1) is 14.9. The molecule has 0 atom stereocenters. The maximum atomic E-state index is 11.9. The van der Waals surface area contributed by atoms with Crippen LogP contribution in [0.5, 0.6) is 0 Å². The molecule has 1 aliphatic rings. The summed E-state index contributed by atoms with van der Waals surface area (Å²) in [7, 11) is 0. The Morgan fingerprint density at radius 2 is 1.95 bits per heavy atom. The van der Waals surface area contributed by atoms with Crippen LogP contribution in [-0.4, -0.2) is 12.6 Å². The Hall–Kier alpha value is -1.51. The summed E-state index contributed by atoms with van der Waals surface area (Å²) in [6.45, 7) is 4.85. The zero-order valence-corrected chi connectivity index (χ0v) is 12.7. The number of amides is 2. The predicted molar refractivity (Wildman–Crippen MR) is 84.1 cm³/mol.